The Balaban J connectivity index is 1.95. The first-order valence-corrected chi connectivity index (χ1v) is 7.54. The third-order valence-electron chi connectivity index (χ3n) is 4.14. The van der Waals surface area contributed by atoms with Crippen molar-refractivity contribution >= 4 is 17.5 Å². The van der Waals surface area contributed by atoms with Crippen LogP contribution in [0.2, 0.25) is 5.02 Å². The first-order valence-electron chi connectivity index (χ1n) is 7.16. The zero-order chi connectivity index (χ0) is 15.0. The zero-order valence-corrected chi connectivity index (χ0v) is 12.9. The normalized spacial score (nSPS) is 18.2. The first kappa shape index (κ1) is 14.1. The van der Waals surface area contributed by atoms with Gasteiger partial charge in [0.05, 0.1) is 22.3 Å². The van der Waals surface area contributed by atoms with Gasteiger partial charge >= 0.3 is 0 Å². The summed E-state index contributed by atoms with van der Waals surface area (Å²) in [6.45, 7) is 4.75. The molecule has 1 fully saturated rings. The molecule has 1 atom stereocenters. The third kappa shape index (κ3) is 2.44. The fourth-order valence-electron chi connectivity index (χ4n) is 3.15. The number of amides is 1. The van der Waals surface area contributed by atoms with E-state index in [9.17, 15) is 4.79 Å². The molecule has 21 heavy (non-hydrogen) atoms. The number of nitrogens with zero attached hydrogens (tertiary/aromatic N) is 2. The van der Waals surface area contributed by atoms with E-state index < -0.39 is 0 Å². The summed E-state index contributed by atoms with van der Waals surface area (Å²) in [6, 6.07) is 7.32. The maximum atomic E-state index is 12.8. The van der Waals surface area contributed by atoms with Crippen LogP contribution >= 0.6 is 11.6 Å². The van der Waals surface area contributed by atoms with Gasteiger partial charge in [-0.25, -0.2) is 0 Å². The number of carbonyl (C=O) groups excluding carboxylic acids is 1. The van der Waals surface area contributed by atoms with E-state index in [1.54, 1.807) is 12.1 Å². The SMILES string of the molecule is Cc1n[nH]c(C)c1C1CCCN1C(=O)c1ccccc1Cl. The summed E-state index contributed by atoms with van der Waals surface area (Å²) in [4.78, 5) is 14.7. The number of nitrogens with one attached hydrogen (secondary N) is 1. The van der Waals surface area contributed by atoms with Crippen molar-refractivity contribution < 1.29 is 4.79 Å². The van der Waals surface area contributed by atoms with Gasteiger partial charge in [0.1, 0.15) is 0 Å². The molecule has 0 radical (unpaired) electrons. The summed E-state index contributed by atoms with van der Waals surface area (Å²) in [5.74, 6) is 0.00287. The molecule has 1 aromatic heterocycles. The maximum Gasteiger partial charge on any atom is 0.255 e. The molecule has 3 rings (SSSR count). The summed E-state index contributed by atoms with van der Waals surface area (Å²) in [5.41, 5.74) is 3.73. The number of aromatic nitrogens is 2. The molecule has 1 N–H and O–H groups in total. The number of rotatable bonds is 2. The smallest absolute Gasteiger partial charge is 0.255 e. The summed E-state index contributed by atoms with van der Waals surface area (Å²) < 4.78 is 0. The minimum atomic E-state index is 0.00287. The molecule has 1 aliphatic heterocycles. The van der Waals surface area contributed by atoms with E-state index in [0.717, 1.165) is 36.3 Å². The Morgan fingerprint density at radius 2 is 2.14 bits per heavy atom. The van der Waals surface area contributed by atoms with Crippen LogP contribution in [0, 0.1) is 13.8 Å². The molecular weight excluding hydrogens is 286 g/mol. The van der Waals surface area contributed by atoms with Crippen molar-refractivity contribution in [1.29, 1.82) is 0 Å². The van der Waals surface area contributed by atoms with E-state index in [2.05, 4.69) is 10.2 Å². The van der Waals surface area contributed by atoms with Gasteiger partial charge in [-0.05, 0) is 38.8 Å². The molecule has 2 aromatic rings. The second-order valence-corrected chi connectivity index (χ2v) is 5.89. The number of H-pyrrole nitrogens is 1. The van der Waals surface area contributed by atoms with Crippen LogP contribution in [0.3, 0.4) is 0 Å². The molecule has 0 saturated carbocycles. The number of hydrogen-bond acceptors (Lipinski definition) is 2. The average molecular weight is 304 g/mol. The van der Waals surface area contributed by atoms with Gasteiger partial charge < -0.3 is 4.90 Å². The van der Waals surface area contributed by atoms with Crippen LogP contribution < -0.4 is 0 Å². The molecule has 0 bridgehead atoms. The molecule has 1 amide bonds. The van der Waals surface area contributed by atoms with E-state index >= 15 is 0 Å². The zero-order valence-electron chi connectivity index (χ0n) is 12.2. The average Bonchev–Trinajstić information content (AvgIpc) is 3.05. The Kier molecular flexibility index (Phi) is 3.72. The van der Waals surface area contributed by atoms with Crippen LogP contribution in [0.1, 0.15) is 46.2 Å². The first-order chi connectivity index (χ1) is 10.1. The summed E-state index contributed by atoms with van der Waals surface area (Å²) in [7, 11) is 0. The van der Waals surface area contributed by atoms with Crippen LogP contribution in [0.15, 0.2) is 24.3 Å². The minimum Gasteiger partial charge on any atom is -0.331 e. The molecule has 0 spiro atoms. The van der Waals surface area contributed by atoms with Gasteiger partial charge in [-0.3, -0.25) is 9.89 Å². The number of benzene rings is 1. The summed E-state index contributed by atoms with van der Waals surface area (Å²) >= 11 is 6.17. The monoisotopic (exact) mass is 303 g/mol. The van der Waals surface area contributed by atoms with E-state index in [1.165, 1.54) is 0 Å². The molecule has 0 aliphatic carbocycles. The lowest BCUT2D eigenvalue weighted by molar-refractivity contribution is 0.0735. The van der Waals surface area contributed by atoms with Crippen molar-refractivity contribution in [2.75, 3.05) is 6.54 Å². The second-order valence-electron chi connectivity index (χ2n) is 5.48. The molecule has 1 saturated heterocycles. The Morgan fingerprint density at radius 3 is 2.81 bits per heavy atom. The third-order valence-corrected chi connectivity index (χ3v) is 4.47. The number of hydrogen-bond donors (Lipinski definition) is 1. The highest BCUT2D eigenvalue weighted by molar-refractivity contribution is 6.33. The van der Waals surface area contributed by atoms with Crippen molar-refractivity contribution in [2.45, 2.75) is 32.7 Å². The molecule has 5 heteroatoms. The van der Waals surface area contributed by atoms with E-state index in [1.807, 2.05) is 30.9 Å². The number of halogens is 1. The largest absolute Gasteiger partial charge is 0.331 e. The van der Waals surface area contributed by atoms with Crippen molar-refractivity contribution in [3.8, 4) is 0 Å². The summed E-state index contributed by atoms with van der Waals surface area (Å²) in [6.07, 6.45) is 1.97. The predicted molar refractivity (Wildman–Crippen MR) is 82.5 cm³/mol. The Morgan fingerprint density at radius 1 is 1.38 bits per heavy atom. The van der Waals surface area contributed by atoms with Crippen LogP contribution in [0.4, 0.5) is 0 Å². The lowest BCUT2D eigenvalue weighted by Gasteiger charge is -2.25. The fourth-order valence-corrected chi connectivity index (χ4v) is 3.37. The second kappa shape index (κ2) is 5.53. The highest BCUT2D eigenvalue weighted by atomic mass is 35.5. The number of aromatic amines is 1. The maximum absolute atomic E-state index is 12.8. The lowest BCUT2D eigenvalue weighted by Crippen LogP contribution is -2.31. The predicted octanol–water partition coefficient (Wildman–Crippen LogP) is 3.66. The fraction of sp³-hybridized carbons (Fsp3) is 0.375. The van der Waals surface area contributed by atoms with Gasteiger partial charge in [-0.15, -0.1) is 0 Å². The molecule has 1 aromatic carbocycles. The summed E-state index contributed by atoms with van der Waals surface area (Å²) in [5, 5.41) is 7.77. The van der Waals surface area contributed by atoms with Crippen LogP contribution in [-0.2, 0) is 0 Å². The van der Waals surface area contributed by atoms with Crippen LogP contribution in [-0.4, -0.2) is 27.5 Å². The van der Waals surface area contributed by atoms with Gasteiger partial charge in [-0.2, -0.15) is 5.10 Å². The van der Waals surface area contributed by atoms with Crippen molar-refractivity contribution in [2.24, 2.45) is 0 Å². The van der Waals surface area contributed by atoms with E-state index in [4.69, 9.17) is 11.6 Å². The van der Waals surface area contributed by atoms with Gasteiger partial charge in [0.25, 0.3) is 5.91 Å². The van der Waals surface area contributed by atoms with Gasteiger partial charge in [0.15, 0.2) is 0 Å². The number of carbonyl (C=O) groups is 1. The molecule has 1 aliphatic rings. The van der Waals surface area contributed by atoms with E-state index in [-0.39, 0.29) is 11.9 Å². The number of likely N-dealkylation sites (tertiary alicyclic amines) is 1. The quantitative estimate of drug-likeness (QED) is 0.920. The van der Waals surface area contributed by atoms with Crippen molar-refractivity contribution in [3.05, 3.63) is 51.8 Å². The highest BCUT2D eigenvalue weighted by Gasteiger charge is 2.33. The van der Waals surface area contributed by atoms with Crippen LogP contribution in [0.25, 0.3) is 0 Å². The van der Waals surface area contributed by atoms with Gasteiger partial charge in [0, 0.05) is 17.8 Å². The Hall–Kier alpha value is -1.81. The van der Waals surface area contributed by atoms with Crippen LogP contribution in [0.5, 0.6) is 0 Å². The Bertz CT molecular complexity index is 660. The minimum absolute atomic E-state index is 0.00287. The van der Waals surface area contributed by atoms with Crippen molar-refractivity contribution in [3.63, 3.8) is 0 Å². The molecule has 2 heterocycles. The highest BCUT2D eigenvalue weighted by Crippen LogP contribution is 2.36. The molecule has 4 nitrogen and oxygen atoms in total. The Labute approximate surface area is 129 Å². The van der Waals surface area contributed by atoms with Gasteiger partial charge in [-0.1, -0.05) is 23.7 Å². The van der Waals surface area contributed by atoms with Crippen molar-refractivity contribution in [1.82, 2.24) is 15.1 Å². The molecular formula is C16H18ClN3O. The molecule has 110 valence electrons. The number of aryl methyl sites for hydroxylation is 2. The standard InChI is InChI=1S/C16H18ClN3O/c1-10-15(11(2)19-18-10)14-8-5-9-20(14)16(21)12-6-3-4-7-13(12)17/h3-4,6-7,14H,5,8-9H2,1-2H3,(H,18,19). The van der Waals surface area contributed by atoms with Gasteiger partial charge in [0.2, 0.25) is 0 Å². The van der Waals surface area contributed by atoms with E-state index in [0.29, 0.717) is 10.6 Å². The molecule has 1 unspecified atom stereocenters. The lowest BCUT2D eigenvalue weighted by atomic mass is 10.0. The topological polar surface area (TPSA) is 49.0 Å².